The molecule has 0 aliphatic carbocycles. The molecule has 1 rings (SSSR count). The first-order chi connectivity index (χ1) is 27.1. The molecule has 0 fully saturated rings. The summed E-state index contributed by atoms with van der Waals surface area (Å²) in [5.41, 5.74) is -1.29. The van der Waals surface area contributed by atoms with Crippen molar-refractivity contribution in [2.45, 2.75) is 51.5 Å². The van der Waals surface area contributed by atoms with Crippen LogP contribution in [-0.4, -0.2) is 178 Å². The average molecular weight is 803 g/mol. The molecular weight excluding hydrogens is 740 g/mol. The van der Waals surface area contributed by atoms with E-state index in [0.717, 1.165) is 17.1 Å². The normalized spacial score (nSPS) is 12.5. The second-order valence-electron chi connectivity index (χ2n) is 12.3. The topological polar surface area (TPSA) is 247 Å². The predicted molar refractivity (Wildman–Crippen MR) is 200 cm³/mol. The fourth-order valence-corrected chi connectivity index (χ4v) is 4.74. The third-order valence-electron chi connectivity index (χ3n) is 7.64. The van der Waals surface area contributed by atoms with E-state index in [0.29, 0.717) is 52.7 Å². The lowest BCUT2D eigenvalue weighted by Crippen LogP contribution is -2.59. The monoisotopic (exact) mass is 802 g/mol. The molecule has 56 heavy (non-hydrogen) atoms. The van der Waals surface area contributed by atoms with Crippen molar-refractivity contribution in [1.82, 2.24) is 31.5 Å². The molecule has 0 saturated heterocycles. The lowest BCUT2D eigenvalue weighted by atomic mass is 10.0. The number of rotatable bonds is 36. The van der Waals surface area contributed by atoms with E-state index in [-0.39, 0.29) is 122 Å². The first-order valence-electron chi connectivity index (χ1n) is 18.9. The van der Waals surface area contributed by atoms with Gasteiger partial charge in [-0.15, -0.1) is 0 Å². The quantitative estimate of drug-likeness (QED) is 0.0339. The van der Waals surface area contributed by atoms with Gasteiger partial charge in [0.1, 0.15) is 5.54 Å². The van der Waals surface area contributed by atoms with E-state index in [9.17, 15) is 33.6 Å². The third kappa shape index (κ3) is 25.2. The van der Waals surface area contributed by atoms with Crippen LogP contribution in [0.5, 0.6) is 0 Å². The number of ether oxygens (including phenoxy) is 7. The maximum absolute atomic E-state index is 13.3. The van der Waals surface area contributed by atoms with E-state index >= 15 is 0 Å². The number of carbonyl (C=O) groups is 7. The number of nitrogens with zero attached hydrogens (tertiary/aromatic N) is 1. The Kier molecular flexibility index (Phi) is 28.6. The minimum atomic E-state index is -1.29. The predicted octanol–water partition coefficient (Wildman–Crippen LogP) is -2.03. The molecule has 0 saturated carbocycles. The molecule has 1 heterocycles. The van der Waals surface area contributed by atoms with E-state index < -0.39 is 23.3 Å². The molecule has 1 aliphatic heterocycles. The largest absolute Gasteiger partial charge is 0.383 e. The molecule has 20 heteroatoms. The molecule has 320 valence electrons. The Morgan fingerprint density at radius 1 is 0.518 bits per heavy atom. The molecular formula is C36H62N6O14. The molecule has 0 aromatic rings. The van der Waals surface area contributed by atoms with Crippen molar-refractivity contribution in [3.05, 3.63) is 12.2 Å². The Balaban J connectivity index is 2.80. The maximum Gasteiger partial charge on any atom is 0.253 e. The summed E-state index contributed by atoms with van der Waals surface area (Å²) in [6.07, 6.45) is 2.26. The van der Waals surface area contributed by atoms with E-state index in [4.69, 9.17) is 33.2 Å². The summed E-state index contributed by atoms with van der Waals surface area (Å²) in [4.78, 5) is 86.4. The van der Waals surface area contributed by atoms with Crippen molar-refractivity contribution in [3.8, 4) is 0 Å². The zero-order chi connectivity index (χ0) is 41.3. The highest BCUT2D eigenvalue weighted by atomic mass is 16.5. The number of methoxy groups -OCH3 is 1. The van der Waals surface area contributed by atoms with Crippen LogP contribution in [0.1, 0.15) is 46.0 Å². The standard InChI is InChI=1S/C36H62N6O14/c1-4-51-23-14-39-31(45)10-20-55-27-36(26-54-19-9-30(44)37-13-22-50-3,28-56-21-11-32(46)40-15-24-52-5-2)41-33(47)12-18-53-25-16-38-29(43)8-17-42-34(48)6-7-35(42)49/h6-7H,4-5,8-28H2,1-3H3,(H,37,44)(H,38,43)(H,39,45)(H,40,46)(H,41,47). The summed E-state index contributed by atoms with van der Waals surface area (Å²) in [7, 11) is 1.52. The molecule has 0 radical (unpaired) electrons. The second kappa shape index (κ2) is 32.1. The van der Waals surface area contributed by atoms with Gasteiger partial charge in [-0.25, -0.2) is 0 Å². The molecule has 5 N–H and O–H groups in total. The number of hydrogen-bond acceptors (Lipinski definition) is 14. The summed E-state index contributed by atoms with van der Waals surface area (Å²) >= 11 is 0. The van der Waals surface area contributed by atoms with Gasteiger partial charge in [0.2, 0.25) is 29.5 Å². The van der Waals surface area contributed by atoms with E-state index in [1.807, 2.05) is 13.8 Å². The minimum absolute atomic E-state index is 0.00567. The van der Waals surface area contributed by atoms with Crippen LogP contribution in [0.4, 0.5) is 0 Å². The van der Waals surface area contributed by atoms with Crippen LogP contribution in [0.15, 0.2) is 12.2 Å². The zero-order valence-electron chi connectivity index (χ0n) is 33.1. The van der Waals surface area contributed by atoms with Crippen molar-refractivity contribution in [1.29, 1.82) is 0 Å². The van der Waals surface area contributed by atoms with Gasteiger partial charge in [0.15, 0.2) is 0 Å². The van der Waals surface area contributed by atoms with Gasteiger partial charge in [-0.2, -0.15) is 0 Å². The first-order valence-corrected chi connectivity index (χ1v) is 18.9. The lowest BCUT2D eigenvalue weighted by Gasteiger charge is -2.34. The van der Waals surface area contributed by atoms with Crippen LogP contribution in [-0.2, 0) is 66.7 Å². The number of imide groups is 1. The Hall–Kier alpha value is -4.05. The van der Waals surface area contributed by atoms with Gasteiger partial charge in [0, 0.05) is 97.3 Å². The molecule has 0 bridgehead atoms. The van der Waals surface area contributed by atoms with Crippen molar-refractivity contribution in [2.24, 2.45) is 0 Å². The van der Waals surface area contributed by atoms with Crippen LogP contribution in [0.2, 0.25) is 0 Å². The summed E-state index contributed by atoms with van der Waals surface area (Å²) in [6, 6.07) is 0. The summed E-state index contributed by atoms with van der Waals surface area (Å²) in [5, 5.41) is 13.7. The molecule has 0 aromatic carbocycles. The molecule has 0 unspecified atom stereocenters. The summed E-state index contributed by atoms with van der Waals surface area (Å²) in [6.45, 7) is 6.74. The van der Waals surface area contributed by atoms with Crippen LogP contribution >= 0.6 is 0 Å². The molecule has 0 aromatic heterocycles. The minimum Gasteiger partial charge on any atom is -0.383 e. The van der Waals surface area contributed by atoms with Crippen molar-refractivity contribution >= 4 is 41.4 Å². The summed E-state index contributed by atoms with van der Waals surface area (Å²) in [5.74, 6) is -2.50. The number of amides is 7. The highest BCUT2D eigenvalue weighted by Gasteiger charge is 2.34. The smallest absolute Gasteiger partial charge is 0.253 e. The van der Waals surface area contributed by atoms with E-state index in [2.05, 4.69) is 26.6 Å². The first kappa shape index (κ1) is 50.0. The third-order valence-corrected chi connectivity index (χ3v) is 7.64. The van der Waals surface area contributed by atoms with Gasteiger partial charge in [-0.05, 0) is 13.8 Å². The van der Waals surface area contributed by atoms with Gasteiger partial charge in [-0.1, -0.05) is 0 Å². The van der Waals surface area contributed by atoms with Crippen LogP contribution in [0.3, 0.4) is 0 Å². The van der Waals surface area contributed by atoms with Gasteiger partial charge in [0.25, 0.3) is 11.8 Å². The molecule has 7 amide bonds. The van der Waals surface area contributed by atoms with Gasteiger partial charge in [0.05, 0.1) is 72.7 Å². The summed E-state index contributed by atoms with van der Waals surface area (Å²) < 4.78 is 38.5. The van der Waals surface area contributed by atoms with Crippen LogP contribution < -0.4 is 26.6 Å². The van der Waals surface area contributed by atoms with E-state index in [1.54, 1.807) is 0 Å². The highest BCUT2D eigenvalue weighted by Crippen LogP contribution is 2.11. The Labute approximate surface area is 328 Å². The van der Waals surface area contributed by atoms with Crippen molar-refractivity contribution in [3.63, 3.8) is 0 Å². The SMILES string of the molecule is CCOCCNC(=O)CCOCC(COCCC(=O)NCCOC)(COCCC(=O)NCCOCC)NC(=O)CCOCCNC(=O)CCN1C(=O)C=CC1=O. The Morgan fingerprint density at radius 2 is 0.893 bits per heavy atom. The fraction of sp³-hybridized carbons (Fsp3) is 0.750. The Morgan fingerprint density at radius 3 is 1.32 bits per heavy atom. The molecule has 0 atom stereocenters. The van der Waals surface area contributed by atoms with Gasteiger partial charge < -0.3 is 59.7 Å². The van der Waals surface area contributed by atoms with Gasteiger partial charge in [-0.3, -0.25) is 38.5 Å². The van der Waals surface area contributed by atoms with Crippen LogP contribution in [0, 0.1) is 0 Å². The number of hydrogen-bond donors (Lipinski definition) is 5. The second-order valence-corrected chi connectivity index (χ2v) is 12.3. The Bertz CT molecular complexity index is 1170. The fourth-order valence-electron chi connectivity index (χ4n) is 4.74. The molecule has 0 spiro atoms. The molecule has 1 aliphatic rings. The lowest BCUT2D eigenvalue weighted by molar-refractivity contribution is -0.137. The molecule has 20 nitrogen and oxygen atoms in total. The number of nitrogens with one attached hydrogen (secondary N) is 5. The number of carbonyl (C=O) groups excluding carboxylic acids is 7. The van der Waals surface area contributed by atoms with Crippen molar-refractivity contribution < 1.29 is 66.7 Å². The average Bonchev–Trinajstić information content (AvgIpc) is 3.50. The van der Waals surface area contributed by atoms with Gasteiger partial charge >= 0.3 is 0 Å². The maximum atomic E-state index is 13.3. The van der Waals surface area contributed by atoms with Crippen molar-refractivity contribution in [2.75, 3.05) is 126 Å². The van der Waals surface area contributed by atoms with Crippen LogP contribution in [0.25, 0.3) is 0 Å². The zero-order valence-corrected chi connectivity index (χ0v) is 33.1. The highest BCUT2D eigenvalue weighted by molar-refractivity contribution is 6.13. The van der Waals surface area contributed by atoms with E-state index in [1.165, 1.54) is 7.11 Å².